The van der Waals surface area contributed by atoms with Gasteiger partial charge in [0.15, 0.2) is 0 Å². The van der Waals surface area contributed by atoms with Gasteiger partial charge in [-0.15, -0.1) is 0 Å². The second kappa shape index (κ2) is 13.1. The number of rotatable bonds is 4. The van der Waals surface area contributed by atoms with Crippen molar-refractivity contribution >= 4 is 57.2 Å². The summed E-state index contributed by atoms with van der Waals surface area (Å²) < 4.78 is 0. The zero-order valence-corrected chi connectivity index (χ0v) is 34.0. The van der Waals surface area contributed by atoms with Gasteiger partial charge in [0, 0.05) is 22.7 Å². The minimum atomic E-state index is 0.232. The van der Waals surface area contributed by atoms with Gasteiger partial charge >= 0.3 is 0 Å². The predicted molar refractivity (Wildman–Crippen MR) is 240 cm³/mol. The maximum absolute atomic E-state index is 2.86. The van der Waals surface area contributed by atoms with Crippen LogP contribution in [-0.4, -0.2) is 6.71 Å². The number of aryl methyl sites for hydroxylation is 4. The van der Waals surface area contributed by atoms with Gasteiger partial charge in [-0.25, -0.2) is 0 Å². The zero-order valence-electron chi connectivity index (χ0n) is 34.0. The molecule has 5 aromatic rings. The van der Waals surface area contributed by atoms with E-state index in [9.17, 15) is 0 Å². The molecular formula is C54H57BN2. The van der Waals surface area contributed by atoms with Gasteiger partial charge in [0.2, 0.25) is 0 Å². The summed E-state index contributed by atoms with van der Waals surface area (Å²) in [6.07, 6.45) is 28.6. The van der Waals surface area contributed by atoms with Gasteiger partial charge < -0.3 is 9.80 Å². The Balaban J connectivity index is 1.12. The Labute approximate surface area is 341 Å². The molecule has 2 nitrogen and oxygen atoms in total. The Bertz CT molecular complexity index is 2250. The summed E-state index contributed by atoms with van der Waals surface area (Å²) >= 11 is 0. The van der Waals surface area contributed by atoms with Crippen molar-refractivity contribution in [1.82, 2.24) is 0 Å². The maximum atomic E-state index is 2.86. The summed E-state index contributed by atoms with van der Waals surface area (Å²) in [5, 5.41) is 0. The second-order valence-corrected chi connectivity index (χ2v) is 19.5. The largest absolute Gasteiger partial charge is 0.311 e. The summed E-state index contributed by atoms with van der Waals surface area (Å²) in [6, 6.07) is 28.7. The minimum Gasteiger partial charge on any atom is -0.311 e. The molecule has 2 aliphatic heterocycles. The summed E-state index contributed by atoms with van der Waals surface area (Å²) in [7, 11) is 0. The van der Waals surface area contributed by atoms with Gasteiger partial charge in [-0.2, -0.15) is 0 Å². The van der Waals surface area contributed by atoms with Gasteiger partial charge in [0.25, 0.3) is 6.71 Å². The fraction of sp³-hybridized carbons (Fsp3) is 0.444. The van der Waals surface area contributed by atoms with Gasteiger partial charge in [0.05, 0.1) is 11.4 Å². The smallest absolute Gasteiger partial charge is 0.252 e. The molecule has 0 atom stereocenters. The average molecular weight is 745 g/mol. The quantitative estimate of drug-likeness (QED) is 0.166. The first-order valence-corrected chi connectivity index (χ1v) is 23.6. The van der Waals surface area contributed by atoms with Crippen LogP contribution in [0.15, 0.2) is 66.7 Å². The van der Waals surface area contributed by atoms with Crippen LogP contribution in [0.25, 0.3) is 0 Å². The van der Waals surface area contributed by atoms with E-state index in [0.717, 1.165) is 0 Å². The molecule has 0 saturated heterocycles. The fourth-order valence-corrected chi connectivity index (χ4v) is 14.0. The van der Waals surface area contributed by atoms with E-state index in [-0.39, 0.29) is 6.71 Å². The third kappa shape index (κ3) is 5.02. The van der Waals surface area contributed by atoms with Gasteiger partial charge in [0.1, 0.15) is 0 Å². The van der Waals surface area contributed by atoms with Crippen LogP contribution in [0.5, 0.6) is 0 Å². The molecule has 0 unspecified atom stereocenters. The number of benzene rings is 5. The molecule has 5 aromatic carbocycles. The molecule has 0 N–H and O–H groups in total. The fourth-order valence-electron chi connectivity index (χ4n) is 14.0. The third-order valence-corrected chi connectivity index (χ3v) is 16.5. The topological polar surface area (TPSA) is 6.48 Å². The minimum absolute atomic E-state index is 0.232. The highest BCUT2D eigenvalue weighted by Gasteiger charge is 2.46. The van der Waals surface area contributed by atoms with Crippen molar-refractivity contribution < 1.29 is 0 Å². The molecule has 6 aliphatic carbocycles. The highest BCUT2D eigenvalue weighted by atomic mass is 15.2. The van der Waals surface area contributed by atoms with Crippen LogP contribution in [0.3, 0.4) is 0 Å². The molecule has 286 valence electrons. The van der Waals surface area contributed by atoms with E-state index >= 15 is 0 Å². The van der Waals surface area contributed by atoms with E-state index < -0.39 is 0 Å². The molecule has 2 heterocycles. The monoisotopic (exact) mass is 744 g/mol. The highest BCUT2D eigenvalue weighted by molar-refractivity contribution is 7.00. The van der Waals surface area contributed by atoms with Crippen LogP contribution in [-0.2, 0) is 51.4 Å². The number of fused-ring (bicyclic) bond motifs is 8. The molecule has 0 aromatic heterocycles. The van der Waals surface area contributed by atoms with Crippen LogP contribution < -0.4 is 26.2 Å². The van der Waals surface area contributed by atoms with E-state index in [0.29, 0.717) is 11.8 Å². The van der Waals surface area contributed by atoms with Crippen LogP contribution in [0.2, 0.25) is 0 Å². The lowest BCUT2D eigenvalue weighted by atomic mass is 9.33. The van der Waals surface area contributed by atoms with Crippen molar-refractivity contribution in [1.29, 1.82) is 0 Å². The Hall–Kier alpha value is -4.24. The summed E-state index contributed by atoms with van der Waals surface area (Å²) in [6.45, 7) is 0.232. The number of nitrogens with zero attached hydrogens (tertiary/aromatic N) is 2. The van der Waals surface area contributed by atoms with Gasteiger partial charge in [-0.1, -0.05) is 81.0 Å². The molecule has 0 bridgehead atoms. The van der Waals surface area contributed by atoms with Crippen molar-refractivity contribution in [3.05, 3.63) is 122 Å². The molecule has 13 rings (SSSR count). The number of anilines is 6. The van der Waals surface area contributed by atoms with Crippen LogP contribution >= 0.6 is 0 Å². The van der Waals surface area contributed by atoms with Crippen molar-refractivity contribution in [2.45, 2.75) is 153 Å². The van der Waals surface area contributed by atoms with Gasteiger partial charge in [-0.3, -0.25) is 0 Å². The van der Waals surface area contributed by atoms with E-state index in [4.69, 9.17) is 0 Å². The number of hydrogen-bond acceptors (Lipinski definition) is 2. The van der Waals surface area contributed by atoms with E-state index in [1.807, 2.05) is 0 Å². The molecule has 0 amide bonds. The van der Waals surface area contributed by atoms with Crippen LogP contribution in [0.4, 0.5) is 34.1 Å². The molecule has 2 fully saturated rings. The van der Waals surface area contributed by atoms with E-state index in [1.165, 1.54) is 164 Å². The Morgan fingerprint density at radius 3 is 1.19 bits per heavy atom. The van der Waals surface area contributed by atoms with Crippen molar-refractivity contribution in [3.8, 4) is 0 Å². The second-order valence-electron chi connectivity index (χ2n) is 19.5. The zero-order chi connectivity index (χ0) is 37.2. The van der Waals surface area contributed by atoms with E-state index in [2.05, 4.69) is 76.5 Å². The Morgan fingerprint density at radius 1 is 0.386 bits per heavy atom. The normalized spacial score (nSPS) is 20.6. The van der Waals surface area contributed by atoms with Crippen LogP contribution in [0, 0.1) is 0 Å². The van der Waals surface area contributed by atoms with Crippen molar-refractivity contribution in [2.24, 2.45) is 0 Å². The van der Waals surface area contributed by atoms with Crippen molar-refractivity contribution in [2.75, 3.05) is 9.80 Å². The lowest BCUT2D eigenvalue weighted by molar-refractivity contribution is 0.444. The molecule has 57 heavy (non-hydrogen) atoms. The summed E-state index contributed by atoms with van der Waals surface area (Å²) in [4.78, 5) is 5.72. The van der Waals surface area contributed by atoms with Crippen LogP contribution in [0.1, 0.15) is 157 Å². The van der Waals surface area contributed by atoms with Gasteiger partial charge in [-0.05, 0) is 211 Å². The van der Waals surface area contributed by atoms with E-state index in [1.54, 1.807) is 83.4 Å². The highest BCUT2D eigenvalue weighted by Crippen LogP contribution is 2.52. The molecular weight excluding hydrogens is 687 g/mol. The number of hydrogen-bond donors (Lipinski definition) is 0. The molecule has 0 radical (unpaired) electrons. The Kier molecular flexibility index (Phi) is 7.77. The first-order chi connectivity index (χ1) is 28.3. The predicted octanol–water partition coefficient (Wildman–Crippen LogP) is 11.8. The lowest BCUT2D eigenvalue weighted by Gasteiger charge is -2.46. The summed E-state index contributed by atoms with van der Waals surface area (Å²) in [5.74, 6) is 1.36. The molecule has 8 aliphatic rings. The third-order valence-electron chi connectivity index (χ3n) is 16.5. The summed E-state index contributed by atoms with van der Waals surface area (Å²) in [5.41, 5.74) is 30.1. The SMILES string of the molecule is c1cc2c3c(c1)N(c1c4c(cc5c1CCC5)CCC4)c1ccc(C4CCCCC4)cc1B3c1cc(C3CCCCC3)ccc1N2c1c2c(cc3c1CCC3)CCC2. The lowest BCUT2D eigenvalue weighted by Crippen LogP contribution is -2.61. The maximum Gasteiger partial charge on any atom is 0.252 e. The first kappa shape index (κ1) is 33.7. The standard InChI is InChI=1S/C54H57BN2/c1-3-12-34(13-4-1)36-26-28-48-46(32-36)55-47-33-37(35-14-5-2-6-15-35)27-29-49(47)57(54-44-22-9-18-40(44)31-41-19-10-23-45(41)54)51-25-11-24-50(52(51)55)56(48)53-42-20-7-16-38(42)30-39-17-8-21-43(39)53/h11,24-35H,1-10,12-23H2. The Morgan fingerprint density at radius 2 is 0.789 bits per heavy atom. The molecule has 3 heteroatoms. The first-order valence-electron chi connectivity index (χ1n) is 23.6. The average Bonchev–Trinajstić information content (AvgIpc) is 4.11. The molecule has 2 saturated carbocycles. The van der Waals surface area contributed by atoms with Crippen molar-refractivity contribution in [3.63, 3.8) is 0 Å². The molecule has 0 spiro atoms.